The number of hydrazine groups is 1. The molecule has 0 fully saturated rings. The van der Waals surface area contributed by atoms with Crippen molar-refractivity contribution in [2.75, 3.05) is 0 Å². The number of benzene rings is 1. The molecule has 3 N–H and O–H groups in total. The lowest BCUT2D eigenvalue weighted by Gasteiger charge is -2.17. The molecule has 94 valence electrons. The van der Waals surface area contributed by atoms with Gasteiger partial charge in [-0.2, -0.15) is 0 Å². The van der Waals surface area contributed by atoms with Crippen LogP contribution >= 0.6 is 11.6 Å². The van der Waals surface area contributed by atoms with E-state index in [0.717, 1.165) is 22.6 Å². The highest BCUT2D eigenvalue weighted by Gasteiger charge is 2.11. The van der Waals surface area contributed by atoms with Crippen LogP contribution in [0, 0.1) is 6.92 Å². The molecule has 1 aromatic carbocycles. The highest BCUT2D eigenvalue weighted by molar-refractivity contribution is 6.30. The van der Waals surface area contributed by atoms with Crippen LogP contribution in [0.3, 0.4) is 0 Å². The maximum absolute atomic E-state index is 6.08. The molecule has 0 saturated carbocycles. The third-order valence-corrected chi connectivity index (χ3v) is 3.08. The molecule has 2 aromatic rings. The molecule has 0 bridgehead atoms. The van der Waals surface area contributed by atoms with Crippen molar-refractivity contribution < 1.29 is 0 Å². The van der Waals surface area contributed by atoms with Crippen molar-refractivity contribution >= 4 is 11.6 Å². The molecule has 0 aliphatic carbocycles. The first-order valence-corrected chi connectivity index (χ1v) is 6.19. The van der Waals surface area contributed by atoms with E-state index < -0.39 is 0 Å². The molecule has 18 heavy (non-hydrogen) atoms. The van der Waals surface area contributed by atoms with Crippen LogP contribution in [0.15, 0.2) is 42.7 Å². The second kappa shape index (κ2) is 5.96. The van der Waals surface area contributed by atoms with Crippen LogP contribution in [0.25, 0.3) is 0 Å². The minimum atomic E-state index is 0.0461. The van der Waals surface area contributed by atoms with E-state index in [9.17, 15) is 0 Å². The minimum absolute atomic E-state index is 0.0461. The Kier molecular flexibility index (Phi) is 4.31. The van der Waals surface area contributed by atoms with Gasteiger partial charge in [-0.25, -0.2) is 0 Å². The number of nitrogens with one attached hydrogen (secondary N) is 1. The smallest absolute Gasteiger partial charge is 0.0500 e. The van der Waals surface area contributed by atoms with E-state index >= 15 is 0 Å². The third kappa shape index (κ3) is 3.29. The molecule has 4 heteroatoms. The van der Waals surface area contributed by atoms with Gasteiger partial charge in [-0.05, 0) is 54.3 Å². The molecule has 0 amide bonds. The Labute approximate surface area is 112 Å². The van der Waals surface area contributed by atoms with Gasteiger partial charge in [-0.1, -0.05) is 17.7 Å². The van der Waals surface area contributed by atoms with E-state index in [-0.39, 0.29) is 6.04 Å². The Hall–Kier alpha value is -1.42. The zero-order valence-corrected chi connectivity index (χ0v) is 11.0. The second-order valence-electron chi connectivity index (χ2n) is 4.34. The number of hydrogen-bond acceptors (Lipinski definition) is 3. The van der Waals surface area contributed by atoms with Crippen LogP contribution in [0.2, 0.25) is 5.02 Å². The zero-order valence-electron chi connectivity index (χ0n) is 10.2. The van der Waals surface area contributed by atoms with Gasteiger partial charge in [0.15, 0.2) is 0 Å². The van der Waals surface area contributed by atoms with Gasteiger partial charge < -0.3 is 0 Å². The van der Waals surface area contributed by atoms with Crippen molar-refractivity contribution in [1.29, 1.82) is 0 Å². The number of pyridine rings is 1. The third-order valence-electron chi connectivity index (χ3n) is 2.86. The molecule has 0 aliphatic rings. The number of aryl methyl sites for hydroxylation is 1. The fraction of sp³-hybridized carbons (Fsp3) is 0.214. The second-order valence-corrected chi connectivity index (χ2v) is 4.78. The number of nitrogens with zero attached hydrogens (tertiary/aromatic N) is 1. The molecular weight excluding hydrogens is 246 g/mol. The zero-order chi connectivity index (χ0) is 13.0. The molecule has 0 saturated heterocycles. The highest BCUT2D eigenvalue weighted by Crippen LogP contribution is 2.22. The van der Waals surface area contributed by atoms with E-state index in [1.807, 2.05) is 31.2 Å². The Balaban J connectivity index is 2.23. The van der Waals surface area contributed by atoms with Crippen LogP contribution in [0.4, 0.5) is 0 Å². The average Bonchev–Trinajstić information content (AvgIpc) is 2.36. The lowest BCUT2D eigenvalue weighted by molar-refractivity contribution is 0.551. The van der Waals surface area contributed by atoms with Crippen molar-refractivity contribution in [3.63, 3.8) is 0 Å². The number of aromatic nitrogens is 1. The quantitative estimate of drug-likeness (QED) is 0.657. The van der Waals surface area contributed by atoms with Gasteiger partial charge in [0.25, 0.3) is 0 Å². The first kappa shape index (κ1) is 13.0. The molecule has 2 rings (SSSR count). The van der Waals surface area contributed by atoms with Crippen LogP contribution in [0.5, 0.6) is 0 Å². The summed E-state index contributed by atoms with van der Waals surface area (Å²) in [5.41, 5.74) is 6.26. The summed E-state index contributed by atoms with van der Waals surface area (Å²) >= 11 is 6.08. The molecule has 0 spiro atoms. The lowest BCUT2D eigenvalue weighted by atomic mass is 9.99. The number of hydrogen-bond donors (Lipinski definition) is 2. The van der Waals surface area contributed by atoms with Crippen molar-refractivity contribution in [2.24, 2.45) is 5.84 Å². The summed E-state index contributed by atoms with van der Waals surface area (Å²) in [6.45, 7) is 2.02. The molecule has 1 heterocycles. The standard InChI is InChI=1S/C14H16ClN3/c1-10-6-12(9-13(15)7-10)14(18-16)8-11-2-4-17-5-3-11/h2-7,9,14,18H,8,16H2,1H3. The summed E-state index contributed by atoms with van der Waals surface area (Å²) < 4.78 is 0. The van der Waals surface area contributed by atoms with Crippen molar-refractivity contribution in [2.45, 2.75) is 19.4 Å². The summed E-state index contributed by atoms with van der Waals surface area (Å²) in [5.74, 6) is 5.64. The largest absolute Gasteiger partial charge is 0.271 e. The predicted octanol–water partition coefficient (Wildman–Crippen LogP) is 2.79. The Morgan fingerprint density at radius 3 is 2.61 bits per heavy atom. The minimum Gasteiger partial charge on any atom is -0.271 e. The number of nitrogens with two attached hydrogens (primary N) is 1. The first-order chi connectivity index (χ1) is 8.69. The Bertz CT molecular complexity index is 493. The monoisotopic (exact) mass is 261 g/mol. The Morgan fingerprint density at radius 2 is 2.00 bits per heavy atom. The van der Waals surface area contributed by atoms with Gasteiger partial charge in [-0.15, -0.1) is 0 Å². The number of rotatable bonds is 4. The maximum atomic E-state index is 6.08. The van der Waals surface area contributed by atoms with Crippen molar-refractivity contribution in [3.8, 4) is 0 Å². The van der Waals surface area contributed by atoms with Gasteiger partial charge in [0.05, 0.1) is 6.04 Å². The van der Waals surface area contributed by atoms with Crippen LogP contribution in [-0.4, -0.2) is 4.98 Å². The van der Waals surface area contributed by atoms with Crippen LogP contribution in [0.1, 0.15) is 22.7 Å². The fourth-order valence-corrected chi connectivity index (χ4v) is 2.29. The van der Waals surface area contributed by atoms with Crippen molar-refractivity contribution in [1.82, 2.24) is 10.4 Å². The molecule has 0 aliphatic heterocycles. The molecular formula is C14H16ClN3. The number of halogens is 1. The van der Waals surface area contributed by atoms with E-state index in [4.69, 9.17) is 17.4 Å². The van der Waals surface area contributed by atoms with E-state index in [1.165, 1.54) is 5.56 Å². The normalized spacial score (nSPS) is 12.4. The topological polar surface area (TPSA) is 50.9 Å². The van der Waals surface area contributed by atoms with Gasteiger partial charge in [0.2, 0.25) is 0 Å². The average molecular weight is 262 g/mol. The molecule has 3 nitrogen and oxygen atoms in total. The SMILES string of the molecule is Cc1cc(Cl)cc(C(Cc2ccncc2)NN)c1. The van der Waals surface area contributed by atoms with E-state index in [2.05, 4.69) is 16.5 Å². The molecule has 1 aromatic heterocycles. The van der Waals surface area contributed by atoms with Crippen LogP contribution in [-0.2, 0) is 6.42 Å². The first-order valence-electron chi connectivity index (χ1n) is 5.81. The molecule has 0 radical (unpaired) electrons. The summed E-state index contributed by atoms with van der Waals surface area (Å²) in [5, 5.41) is 0.736. The summed E-state index contributed by atoms with van der Waals surface area (Å²) in [6.07, 6.45) is 4.37. The van der Waals surface area contributed by atoms with Crippen LogP contribution < -0.4 is 11.3 Å². The van der Waals surface area contributed by atoms with E-state index in [0.29, 0.717) is 0 Å². The van der Waals surface area contributed by atoms with Gasteiger partial charge >= 0.3 is 0 Å². The predicted molar refractivity (Wildman–Crippen MR) is 74.2 cm³/mol. The van der Waals surface area contributed by atoms with Crippen molar-refractivity contribution in [3.05, 3.63) is 64.4 Å². The maximum Gasteiger partial charge on any atom is 0.0500 e. The van der Waals surface area contributed by atoms with Gasteiger partial charge in [0, 0.05) is 17.4 Å². The lowest BCUT2D eigenvalue weighted by Crippen LogP contribution is -2.29. The summed E-state index contributed by atoms with van der Waals surface area (Å²) in [6, 6.07) is 10.00. The molecule has 1 unspecified atom stereocenters. The molecule has 1 atom stereocenters. The van der Waals surface area contributed by atoms with Gasteiger partial charge in [0.1, 0.15) is 0 Å². The Morgan fingerprint density at radius 1 is 1.28 bits per heavy atom. The van der Waals surface area contributed by atoms with E-state index in [1.54, 1.807) is 12.4 Å². The highest BCUT2D eigenvalue weighted by atomic mass is 35.5. The summed E-state index contributed by atoms with van der Waals surface area (Å²) in [4.78, 5) is 4.01. The summed E-state index contributed by atoms with van der Waals surface area (Å²) in [7, 11) is 0. The van der Waals surface area contributed by atoms with Gasteiger partial charge in [-0.3, -0.25) is 16.3 Å². The fourth-order valence-electron chi connectivity index (χ4n) is 1.99.